The van der Waals surface area contributed by atoms with Crippen molar-refractivity contribution in [2.75, 3.05) is 19.8 Å². The number of ether oxygens (including phenoxy) is 1. The fraction of sp³-hybridized carbons (Fsp3) is 0.800. The van der Waals surface area contributed by atoms with Gasteiger partial charge in [0, 0.05) is 18.3 Å². The molecule has 0 radical (unpaired) electrons. The highest BCUT2D eigenvalue weighted by Gasteiger charge is 2.10. The first-order valence-corrected chi connectivity index (χ1v) is 7.40. The lowest BCUT2D eigenvalue weighted by Crippen LogP contribution is -2.25. The second kappa shape index (κ2) is 8.33. The molecule has 4 heteroatoms. The first kappa shape index (κ1) is 16.2. The van der Waals surface area contributed by atoms with Crippen LogP contribution in [0.15, 0.2) is 0 Å². The third-order valence-corrected chi connectivity index (χ3v) is 3.25. The lowest BCUT2D eigenvalue weighted by Gasteiger charge is -2.09. The van der Waals surface area contributed by atoms with Crippen LogP contribution in [0.3, 0.4) is 0 Å². The third-order valence-electron chi connectivity index (χ3n) is 3.25. The molecule has 1 aromatic rings. The van der Waals surface area contributed by atoms with E-state index in [0.29, 0.717) is 6.04 Å². The zero-order valence-corrected chi connectivity index (χ0v) is 13.1. The molecule has 0 aliphatic heterocycles. The maximum atomic E-state index is 5.53. The Morgan fingerprint density at radius 2 is 2.00 bits per heavy atom. The molecule has 0 amide bonds. The minimum Gasteiger partial charge on any atom is -0.380 e. The van der Waals surface area contributed by atoms with Crippen molar-refractivity contribution in [3.05, 3.63) is 17.0 Å². The number of nitrogens with one attached hydrogen (secondary N) is 1. The average Bonchev–Trinajstić information content (AvgIpc) is 2.62. The Morgan fingerprint density at radius 3 is 2.63 bits per heavy atom. The van der Waals surface area contributed by atoms with Crippen molar-refractivity contribution < 1.29 is 4.74 Å². The molecule has 0 atom stereocenters. The quantitative estimate of drug-likeness (QED) is 0.699. The van der Waals surface area contributed by atoms with Gasteiger partial charge in [0.25, 0.3) is 0 Å². The summed E-state index contributed by atoms with van der Waals surface area (Å²) in [5.74, 6) is 0. The van der Waals surface area contributed by atoms with E-state index in [1.54, 1.807) is 0 Å². The van der Waals surface area contributed by atoms with Gasteiger partial charge in [0.15, 0.2) is 0 Å². The first-order chi connectivity index (χ1) is 9.06. The Hall–Kier alpha value is -0.870. The normalized spacial score (nSPS) is 11.5. The molecule has 0 aromatic carbocycles. The van der Waals surface area contributed by atoms with Gasteiger partial charge in [0.05, 0.1) is 18.8 Å². The summed E-state index contributed by atoms with van der Waals surface area (Å²) in [7, 11) is 0. The van der Waals surface area contributed by atoms with Crippen molar-refractivity contribution in [1.82, 2.24) is 15.1 Å². The molecule has 4 nitrogen and oxygen atoms in total. The van der Waals surface area contributed by atoms with Gasteiger partial charge in [-0.2, -0.15) is 5.10 Å². The van der Waals surface area contributed by atoms with E-state index in [2.05, 4.69) is 49.7 Å². The fourth-order valence-electron chi connectivity index (χ4n) is 2.20. The van der Waals surface area contributed by atoms with E-state index in [9.17, 15) is 0 Å². The molecule has 0 bridgehead atoms. The molecule has 0 fully saturated rings. The van der Waals surface area contributed by atoms with Crippen molar-refractivity contribution >= 4 is 0 Å². The summed E-state index contributed by atoms with van der Waals surface area (Å²) in [6.07, 6.45) is 2.12. The van der Waals surface area contributed by atoms with E-state index in [4.69, 9.17) is 4.74 Å². The van der Waals surface area contributed by atoms with Gasteiger partial charge < -0.3 is 10.1 Å². The van der Waals surface area contributed by atoms with Gasteiger partial charge >= 0.3 is 0 Å². The third kappa shape index (κ3) is 5.33. The molecule has 110 valence electrons. The molecule has 0 saturated heterocycles. The summed E-state index contributed by atoms with van der Waals surface area (Å²) in [5.41, 5.74) is 3.81. The number of nitrogens with zero attached hydrogens (tertiary/aromatic N) is 2. The van der Waals surface area contributed by atoms with Crippen LogP contribution >= 0.6 is 0 Å². The Balaban J connectivity index is 2.51. The van der Waals surface area contributed by atoms with Crippen LogP contribution in [0.1, 0.15) is 44.1 Å². The summed E-state index contributed by atoms with van der Waals surface area (Å²) < 4.78 is 7.61. The van der Waals surface area contributed by atoms with Gasteiger partial charge in [0.2, 0.25) is 0 Å². The summed E-state index contributed by atoms with van der Waals surface area (Å²) in [5, 5.41) is 8.07. The van der Waals surface area contributed by atoms with Crippen LogP contribution in [0.5, 0.6) is 0 Å². The largest absolute Gasteiger partial charge is 0.380 e. The second-order valence-corrected chi connectivity index (χ2v) is 5.34. The highest BCUT2D eigenvalue weighted by molar-refractivity contribution is 5.24. The standard InChI is InChI=1S/C15H29N3O/c1-6-10-19-11-9-18-14(5)15(13(4)17-18)7-8-16-12(2)3/h12,16H,6-11H2,1-5H3. The van der Waals surface area contributed by atoms with Crippen molar-refractivity contribution in [3.63, 3.8) is 0 Å². The molecule has 1 aromatic heterocycles. The van der Waals surface area contributed by atoms with E-state index < -0.39 is 0 Å². The van der Waals surface area contributed by atoms with Crippen molar-refractivity contribution in [3.8, 4) is 0 Å². The van der Waals surface area contributed by atoms with E-state index in [-0.39, 0.29) is 0 Å². The number of rotatable bonds is 9. The first-order valence-electron chi connectivity index (χ1n) is 7.40. The zero-order valence-electron chi connectivity index (χ0n) is 13.1. The monoisotopic (exact) mass is 267 g/mol. The maximum Gasteiger partial charge on any atom is 0.0662 e. The van der Waals surface area contributed by atoms with Gasteiger partial charge in [-0.25, -0.2) is 0 Å². The number of hydrogen-bond donors (Lipinski definition) is 1. The summed E-state index contributed by atoms with van der Waals surface area (Å²) in [4.78, 5) is 0. The average molecular weight is 267 g/mol. The predicted molar refractivity (Wildman–Crippen MR) is 79.7 cm³/mol. The van der Waals surface area contributed by atoms with Crippen molar-refractivity contribution in [1.29, 1.82) is 0 Å². The SMILES string of the molecule is CCCOCCn1nc(C)c(CCNC(C)C)c1C. The van der Waals surface area contributed by atoms with Gasteiger partial charge in [-0.3, -0.25) is 4.68 Å². The zero-order chi connectivity index (χ0) is 14.3. The van der Waals surface area contributed by atoms with Crippen LogP contribution in [0.4, 0.5) is 0 Å². The van der Waals surface area contributed by atoms with E-state index in [0.717, 1.165) is 44.8 Å². The van der Waals surface area contributed by atoms with Crippen LogP contribution in [0, 0.1) is 13.8 Å². The fourth-order valence-corrected chi connectivity index (χ4v) is 2.20. The molecule has 19 heavy (non-hydrogen) atoms. The summed E-state index contributed by atoms with van der Waals surface area (Å²) >= 11 is 0. The molecule has 0 saturated carbocycles. The van der Waals surface area contributed by atoms with Gasteiger partial charge in [-0.05, 0) is 38.8 Å². The molecular formula is C15H29N3O. The second-order valence-electron chi connectivity index (χ2n) is 5.34. The summed E-state index contributed by atoms with van der Waals surface area (Å²) in [6.45, 7) is 14.2. The van der Waals surface area contributed by atoms with Crippen LogP contribution in [0.2, 0.25) is 0 Å². The van der Waals surface area contributed by atoms with Crippen LogP contribution in [0.25, 0.3) is 0 Å². The van der Waals surface area contributed by atoms with Gasteiger partial charge in [0.1, 0.15) is 0 Å². The summed E-state index contributed by atoms with van der Waals surface area (Å²) in [6, 6.07) is 0.540. The van der Waals surface area contributed by atoms with E-state index >= 15 is 0 Å². The molecule has 0 spiro atoms. The number of hydrogen-bond acceptors (Lipinski definition) is 3. The Bertz CT molecular complexity index is 372. The predicted octanol–water partition coefficient (Wildman–Crippen LogP) is 2.47. The lowest BCUT2D eigenvalue weighted by atomic mass is 10.1. The molecule has 1 heterocycles. The van der Waals surface area contributed by atoms with Crippen LogP contribution in [-0.4, -0.2) is 35.6 Å². The Morgan fingerprint density at radius 1 is 1.26 bits per heavy atom. The molecule has 1 N–H and O–H groups in total. The topological polar surface area (TPSA) is 39.1 Å². The van der Waals surface area contributed by atoms with Gasteiger partial charge in [-0.1, -0.05) is 20.8 Å². The maximum absolute atomic E-state index is 5.53. The highest BCUT2D eigenvalue weighted by Crippen LogP contribution is 2.13. The van der Waals surface area contributed by atoms with Crippen molar-refractivity contribution in [2.45, 2.75) is 60.0 Å². The molecule has 1 rings (SSSR count). The van der Waals surface area contributed by atoms with E-state index in [1.807, 2.05) is 0 Å². The van der Waals surface area contributed by atoms with Crippen LogP contribution < -0.4 is 5.32 Å². The minimum absolute atomic E-state index is 0.540. The van der Waals surface area contributed by atoms with Gasteiger partial charge in [-0.15, -0.1) is 0 Å². The number of aryl methyl sites for hydroxylation is 1. The molecule has 0 aliphatic carbocycles. The smallest absolute Gasteiger partial charge is 0.0662 e. The molecule has 0 unspecified atom stereocenters. The Kier molecular flexibility index (Phi) is 7.10. The minimum atomic E-state index is 0.540. The lowest BCUT2D eigenvalue weighted by molar-refractivity contribution is 0.124. The Labute approximate surface area is 117 Å². The van der Waals surface area contributed by atoms with E-state index in [1.165, 1.54) is 11.3 Å². The number of aromatic nitrogens is 2. The molecular weight excluding hydrogens is 238 g/mol. The highest BCUT2D eigenvalue weighted by atomic mass is 16.5. The van der Waals surface area contributed by atoms with Crippen LogP contribution in [-0.2, 0) is 17.7 Å². The molecule has 0 aliphatic rings. The van der Waals surface area contributed by atoms with Crippen molar-refractivity contribution in [2.24, 2.45) is 0 Å².